The van der Waals surface area contributed by atoms with Crippen molar-refractivity contribution in [3.8, 4) is 5.75 Å². The zero-order valence-electron chi connectivity index (χ0n) is 25.0. The van der Waals surface area contributed by atoms with E-state index < -0.39 is 11.0 Å². The van der Waals surface area contributed by atoms with Crippen molar-refractivity contribution in [1.29, 1.82) is 0 Å². The van der Waals surface area contributed by atoms with E-state index in [0.717, 1.165) is 43.6 Å². The molecule has 1 unspecified atom stereocenters. The zero-order valence-corrected chi connectivity index (χ0v) is 26.5. The Morgan fingerprint density at radius 3 is 2.33 bits per heavy atom. The van der Waals surface area contributed by atoms with Gasteiger partial charge in [0, 0.05) is 32.7 Å². The van der Waals surface area contributed by atoms with E-state index in [0.29, 0.717) is 47.5 Å². The molecule has 2 saturated heterocycles. The van der Waals surface area contributed by atoms with Crippen LogP contribution >= 0.6 is 23.2 Å². The van der Waals surface area contributed by atoms with E-state index >= 15 is 0 Å². The van der Waals surface area contributed by atoms with E-state index in [4.69, 9.17) is 32.7 Å². The largest absolute Gasteiger partial charge is 0.497 e. The monoisotopic (exact) mass is 623 g/mol. The number of ether oxygens (including phenoxy) is 2. The molecule has 0 N–H and O–H groups in total. The Morgan fingerprint density at radius 2 is 1.65 bits per heavy atom. The Kier molecular flexibility index (Phi) is 9.67. The van der Waals surface area contributed by atoms with Crippen LogP contribution in [0.15, 0.2) is 72.8 Å². The molecule has 0 bridgehead atoms. The first kappa shape index (κ1) is 31.3. The number of methoxy groups -OCH3 is 1. The lowest BCUT2D eigenvalue weighted by Crippen LogP contribution is -2.54. The van der Waals surface area contributed by atoms with Crippen LogP contribution in [0.5, 0.6) is 5.75 Å². The van der Waals surface area contributed by atoms with E-state index in [1.165, 1.54) is 0 Å². The fourth-order valence-electron chi connectivity index (χ4n) is 6.45. The highest BCUT2D eigenvalue weighted by atomic mass is 35.5. The summed E-state index contributed by atoms with van der Waals surface area (Å²) in [4.78, 5) is 33.1. The number of carbonyl (C=O) groups is 2. The molecule has 0 radical (unpaired) electrons. The smallest absolute Gasteiger partial charge is 0.254 e. The highest BCUT2D eigenvalue weighted by molar-refractivity contribution is 6.42. The number of likely N-dealkylation sites (tertiary alicyclic amines) is 1. The van der Waals surface area contributed by atoms with Crippen LogP contribution in [0.25, 0.3) is 0 Å². The number of nitrogens with zero attached hydrogens (tertiary/aromatic N) is 3. The standard InChI is InChI=1S/C34H39Cl2N3O4/c1-37(2)32(41)33(26-9-5-4-6-10-26)14-17-38(18-15-33)19-16-34(27-12-13-29(35)30(36)23-27)24-39(20-21-43-34)31(40)25-8-7-11-28(22-25)42-3/h4-13,22-23H,14-21,24H2,1-3H3. The number of carbonyl (C=O) groups excluding carboxylic acids is 2. The van der Waals surface area contributed by atoms with Crippen molar-refractivity contribution >= 4 is 35.0 Å². The molecule has 43 heavy (non-hydrogen) atoms. The number of likely N-dealkylation sites (N-methyl/N-ethyl adjacent to an activating group) is 1. The molecule has 0 aliphatic carbocycles. The van der Waals surface area contributed by atoms with Gasteiger partial charge in [0.05, 0.1) is 35.7 Å². The molecular formula is C34H39Cl2N3O4. The first-order valence-electron chi connectivity index (χ1n) is 14.7. The predicted octanol–water partition coefficient (Wildman–Crippen LogP) is 5.88. The number of halogens is 2. The van der Waals surface area contributed by atoms with Gasteiger partial charge in [0.15, 0.2) is 0 Å². The fourth-order valence-corrected chi connectivity index (χ4v) is 6.75. The second kappa shape index (κ2) is 13.3. The maximum Gasteiger partial charge on any atom is 0.254 e. The van der Waals surface area contributed by atoms with Crippen molar-refractivity contribution < 1.29 is 19.1 Å². The van der Waals surface area contributed by atoms with Crippen LogP contribution in [0.3, 0.4) is 0 Å². The van der Waals surface area contributed by atoms with Crippen LogP contribution in [0.2, 0.25) is 10.0 Å². The fraction of sp³-hybridized carbons (Fsp3) is 0.412. The zero-order chi connectivity index (χ0) is 30.6. The molecule has 5 rings (SSSR count). The second-order valence-corrected chi connectivity index (χ2v) is 12.5. The van der Waals surface area contributed by atoms with Gasteiger partial charge in [-0.2, -0.15) is 0 Å². The first-order chi connectivity index (χ1) is 20.7. The quantitative estimate of drug-likeness (QED) is 0.313. The summed E-state index contributed by atoms with van der Waals surface area (Å²) >= 11 is 12.8. The van der Waals surface area contributed by atoms with E-state index in [2.05, 4.69) is 17.0 Å². The molecule has 0 aromatic heterocycles. The van der Waals surface area contributed by atoms with Gasteiger partial charge < -0.3 is 24.2 Å². The lowest BCUT2D eigenvalue weighted by atomic mass is 9.71. The topological polar surface area (TPSA) is 62.3 Å². The van der Waals surface area contributed by atoms with Gasteiger partial charge in [-0.3, -0.25) is 9.59 Å². The maximum absolute atomic E-state index is 13.7. The molecule has 3 aromatic carbocycles. The van der Waals surface area contributed by atoms with Crippen molar-refractivity contribution in [2.24, 2.45) is 0 Å². The van der Waals surface area contributed by atoms with Gasteiger partial charge >= 0.3 is 0 Å². The summed E-state index contributed by atoms with van der Waals surface area (Å²) in [7, 11) is 5.26. The van der Waals surface area contributed by atoms with Gasteiger partial charge in [0.1, 0.15) is 11.4 Å². The number of morpholine rings is 1. The molecule has 7 nitrogen and oxygen atoms in total. The maximum atomic E-state index is 13.7. The molecule has 228 valence electrons. The molecule has 2 aliphatic rings. The number of hydrogen-bond acceptors (Lipinski definition) is 5. The van der Waals surface area contributed by atoms with Crippen LogP contribution in [0, 0.1) is 0 Å². The summed E-state index contributed by atoms with van der Waals surface area (Å²) in [6.07, 6.45) is 2.11. The third-order valence-electron chi connectivity index (χ3n) is 8.92. The SMILES string of the molecule is COc1cccc(C(=O)N2CCOC(CCN3CCC(C(=O)N(C)C)(c4ccccc4)CC3)(c3ccc(Cl)c(Cl)c3)C2)c1. The van der Waals surface area contributed by atoms with Crippen molar-refractivity contribution in [3.05, 3.63) is 99.5 Å². The number of rotatable bonds is 8. The Labute approximate surface area is 264 Å². The number of amides is 2. The van der Waals surface area contributed by atoms with Crippen molar-refractivity contribution in [2.45, 2.75) is 30.3 Å². The Bertz CT molecular complexity index is 1440. The minimum Gasteiger partial charge on any atom is -0.497 e. The van der Waals surface area contributed by atoms with Gasteiger partial charge in [-0.1, -0.05) is 65.7 Å². The van der Waals surface area contributed by atoms with Crippen molar-refractivity contribution in [2.75, 3.05) is 60.5 Å². The highest BCUT2D eigenvalue weighted by Gasteiger charge is 2.45. The molecule has 0 spiro atoms. The first-order valence-corrected chi connectivity index (χ1v) is 15.5. The third kappa shape index (κ3) is 6.55. The average Bonchev–Trinajstić information content (AvgIpc) is 3.05. The van der Waals surface area contributed by atoms with E-state index in [1.807, 2.05) is 67.5 Å². The lowest BCUT2D eigenvalue weighted by molar-refractivity contribution is -0.137. The van der Waals surface area contributed by atoms with Crippen LogP contribution in [-0.2, 0) is 20.5 Å². The summed E-state index contributed by atoms with van der Waals surface area (Å²) < 4.78 is 11.9. The third-order valence-corrected chi connectivity index (χ3v) is 9.66. The molecule has 9 heteroatoms. The summed E-state index contributed by atoms with van der Waals surface area (Å²) in [6, 6.07) is 23.0. The van der Waals surface area contributed by atoms with Gasteiger partial charge in [-0.25, -0.2) is 0 Å². The average molecular weight is 625 g/mol. The van der Waals surface area contributed by atoms with E-state index in [-0.39, 0.29) is 11.8 Å². The summed E-state index contributed by atoms with van der Waals surface area (Å²) in [5, 5.41) is 0.922. The highest BCUT2D eigenvalue weighted by Crippen LogP contribution is 2.40. The molecule has 2 amide bonds. The lowest BCUT2D eigenvalue weighted by Gasteiger charge is -2.46. The molecule has 2 fully saturated rings. The van der Waals surface area contributed by atoms with Crippen molar-refractivity contribution in [1.82, 2.24) is 14.7 Å². The number of benzene rings is 3. The Morgan fingerprint density at radius 1 is 0.907 bits per heavy atom. The van der Waals surface area contributed by atoms with Gasteiger partial charge in [-0.15, -0.1) is 0 Å². The summed E-state index contributed by atoms with van der Waals surface area (Å²) in [5.74, 6) is 0.715. The normalized spacial score (nSPS) is 20.4. The minimum atomic E-state index is -0.769. The summed E-state index contributed by atoms with van der Waals surface area (Å²) in [6.45, 7) is 3.54. The molecule has 2 aliphatic heterocycles. The van der Waals surface area contributed by atoms with E-state index in [9.17, 15) is 9.59 Å². The molecule has 1 atom stereocenters. The van der Waals surface area contributed by atoms with Crippen LogP contribution in [-0.4, -0.2) is 87.0 Å². The van der Waals surface area contributed by atoms with E-state index in [1.54, 1.807) is 24.1 Å². The van der Waals surface area contributed by atoms with Crippen LogP contribution in [0.4, 0.5) is 0 Å². The molecule has 3 aromatic rings. The predicted molar refractivity (Wildman–Crippen MR) is 170 cm³/mol. The van der Waals surface area contributed by atoms with Crippen LogP contribution in [0.1, 0.15) is 40.7 Å². The van der Waals surface area contributed by atoms with Gasteiger partial charge in [0.2, 0.25) is 5.91 Å². The molecule has 2 heterocycles. The number of piperidine rings is 1. The second-order valence-electron chi connectivity index (χ2n) is 11.7. The molecular weight excluding hydrogens is 585 g/mol. The van der Waals surface area contributed by atoms with Gasteiger partial charge in [0.25, 0.3) is 5.91 Å². The van der Waals surface area contributed by atoms with Crippen molar-refractivity contribution in [3.63, 3.8) is 0 Å². The Balaban J connectivity index is 1.37. The minimum absolute atomic E-state index is 0.0700. The summed E-state index contributed by atoms with van der Waals surface area (Å²) in [5.41, 5.74) is 1.23. The Hall–Kier alpha value is -3.10. The van der Waals surface area contributed by atoms with Crippen LogP contribution < -0.4 is 4.74 Å². The molecule has 0 saturated carbocycles. The van der Waals surface area contributed by atoms with Gasteiger partial charge in [-0.05, 0) is 73.8 Å². The number of hydrogen-bond donors (Lipinski definition) is 0.